The normalized spacial score (nSPS) is 14.4. The summed E-state index contributed by atoms with van der Waals surface area (Å²) >= 11 is 1.84. The van der Waals surface area contributed by atoms with Crippen molar-refractivity contribution in [2.45, 2.75) is 43.1 Å². The van der Waals surface area contributed by atoms with E-state index in [1.54, 1.807) is 0 Å². The van der Waals surface area contributed by atoms with Crippen LogP contribution < -0.4 is 10.6 Å². The highest BCUT2D eigenvalue weighted by Gasteiger charge is 2.23. The van der Waals surface area contributed by atoms with Crippen LogP contribution in [-0.4, -0.2) is 23.6 Å². The van der Waals surface area contributed by atoms with Crippen LogP contribution in [0.1, 0.15) is 48.2 Å². The molecular formula is C24H24F2N2O3S. The highest BCUT2D eigenvalue weighted by Crippen LogP contribution is 2.35. The van der Waals surface area contributed by atoms with Gasteiger partial charge in [-0.05, 0) is 31.0 Å². The highest BCUT2D eigenvalue weighted by molar-refractivity contribution is 7.99. The number of furan rings is 1. The Labute approximate surface area is 188 Å². The minimum Gasteiger partial charge on any atom is -0.451 e. The number of fused-ring (bicyclic) bond motifs is 1. The average Bonchev–Trinajstić information content (AvgIpc) is 3.18. The number of thioether (sulfide) groups is 1. The van der Waals surface area contributed by atoms with Crippen molar-refractivity contribution in [1.82, 2.24) is 5.32 Å². The molecular weight excluding hydrogens is 434 g/mol. The van der Waals surface area contributed by atoms with E-state index in [4.69, 9.17) is 4.42 Å². The van der Waals surface area contributed by atoms with Gasteiger partial charge in [0, 0.05) is 33.7 Å². The van der Waals surface area contributed by atoms with Gasteiger partial charge in [-0.2, -0.15) is 11.8 Å². The molecule has 3 aromatic rings. The zero-order chi connectivity index (χ0) is 22.5. The van der Waals surface area contributed by atoms with E-state index < -0.39 is 23.4 Å². The van der Waals surface area contributed by atoms with Gasteiger partial charge in [0.2, 0.25) is 5.91 Å². The topological polar surface area (TPSA) is 71.3 Å². The monoisotopic (exact) mass is 458 g/mol. The van der Waals surface area contributed by atoms with E-state index in [0.717, 1.165) is 23.1 Å². The molecule has 5 nitrogen and oxygen atoms in total. The molecule has 1 fully saturated rings. The third-order valence-corrected chi connectivity index (χ3v) is 6.93. The van der Waals surface area contributed by atoms with Crippen molar-refractivity contribution in [2.24, 2.45) is 0 Å². The molecule has 1 saturated carbocycles. The van der Waals surface area contributed by atoms with Crippen LogP contribution >= 0.6 is 11.8 Å². The van der Waals surface area contributed by atoms with E-state index in [1.165, 1.54) is 38.2 Å². The molecule has 1 aliphatic rings. The maximum atomic E-state index is 13.3. The first kappa shape index (κ1) is 22.3. The van der Waals surface area contributed by atoms with E-state index in [-0.39, 0.29) is 18.0 Å². The van der Waals surface area contributed by atoms with Gasteiger partial charge in [0.05, 0.1) is 6.54 Å². The average molecular weight is 459 g/mol. The number of amides is 2. The van der Waals surface area contributed by atoms with Crippen molar-refractivity contribution in [1.29, 1.82) is 0 Å². The number of carbonyl (C=O) groups excluding carboxylic acids is 2. The summed E-state index contributed by atoms with van der Waals surface area (Å²) in [4.78, 5) is 25.0. The zero-order valence-corrected chi connectivity index (χ0v) is 18.3. The smallest absolute Gasteiger partial charge is 0.287 e. The van der Waals surface area contributed by atoms with Gasteiger partial charge in [-0.1, -0.05) is 37.5 Å². The minimum atomic E-state index is -1.06. The van der Waals surface area contributed by atoms with Gasteiger partial charge in [0.25, 0.3) is 5.91 Å². The fourth-order valence-electron chi connectivity index (χ4n) is 3.88. The molecule has 0 aliphatic heterocycles. The summed E-state index contributed by atoms with van der Waals surface area (Å²) in [7, 11) is 0. The predicted molar refractivity (Wildman–Crippen MR) is 122 cm³/mol. The summed E-state index contributed by atoms with van der Waals surface area (Å²) < 4.78 is 32.2. The van der Waals surface area contributed by atoms with Crippen LogP contribution in [0.5, 0.6) is 0 Å². The molecule has 1 aromatic heterocycles. The second-order valence-electron chi connectivity index (χ2n) is 7.84. The predicted octanol–water partition coefficient (Wildman–Crippen LogP) is 5.65. The lowest BCUT2D eigenvalue weighted by Gasteiger charge is -2.20. The maximum Gasteiger partial charge on any atom is 0.287 e. The van der Waals surface area contributed by atoms with E-state index in [0.29, 0.717) is 16.6 Å². The number of nitrogens with one attached hydrogen (secondary N) is 2. The third-order valence-electron chi connectivity index (χ3n) is 5.53. The standard InChI is InChI=1S/C24H24F2N2O3S/c25-19-11-10-15(12-20(19)26)28-22(29)13-27-24(30)23-18(14-32-16-6-2-1-3-7-16)17-8-4-5-9-21(17)31-23/h4-5,8-12,16H,1-3,6-7,13-14H2,(H,27,30)(H,28,29). The first-order chi connectivity index (χ1) is 15.5. The molecule has 2 aromatic carbocycles. The van der Waals surface area contributed by atoms with Crippen LogP contribution in [-0.2, 0) is 10.5 Å². The molecule has 0 bridgehead atoms. The fraction of sp³-hybridized carbons (Fsp3) is 0.333. The van der Waals surface area contributed by atoms with Crippen LogP contribution in [0.2, 0.25) is 0 Å². The van der Waals surface area contributed by atoms with Crippen LogP contribution in [0.3, 0.4) is 0 Å². The molecule has 32 heavy (non-hydrogen) atoms. The van der Waals surface area contributed by atoms with Crippen LogP contribution in [0.25, 0.3) is 11.0 Å². The molecule has 0 spiro atoms. The summed E-state index contributed by atoms with van der Waals surface area (Å²) in [6, 6.07) is 10.6. The van der Waals surface area contributed by atoms with Crippen molar-refractivity contribution < 1.29 is 22.8 Å². The van der Waals surface area contributed by atoms with Gasteiger partial charge in [-0.3, -0.25) is 9.59 Å². The Morgan fingerprint density at radius 1 is 1.03 bits per heavy atom. The lowest BCUT2D eigenvalue weighted by atomic mass is 10.0. The van der Waals surface area contributed by atoms with Crippen molar-refractivity contribution >= 4 is 40.2 Å². The number of hydrogen-bond donors (Lipinski definition) is 2. The number of rotatable bonds is 7. The Hall–Kier alpha value is -2.87. The van der Waals surface area contributed by atoms with Gasteiger partial charge < -0.3 is 15.1 Å². The SMILES string of the molecule is O=C(CNC(=O)c1oc2ccccc2c1CSC1CCCCC1)Nc1ccc(F)c(F)c1. The Morgan fingerprint density at radius 2 is 1.81 bits per heavy atom. The third kappa shape index (κ3) is 5.30. The second kappa shape index (κ2) is 10.2. The number of halogens is 2. The Kier molecular flexibility index (Phi) is 7.09. The first-order valence-corrected chi connectivity index (χ1v) is 11.7. The molecule has 8 heteroatoms. The van der Waals surface area contributed by atoms with Crippen LogP contribution in [0, 0.1) is 11.6 Å². The van der Waals surface area contributed by atoms with Crippen molar-refractivity contribution in [3.8, 4) is 0 Å². The fourth-order valence-corrected chi connectivity index (χ4v) is 5.23. The molecule has 0 atom stereocenters. The lowest BCUT2D eigenvalue weighted by molar-refractivity contribution is -0.115. The summed E-state index contributed by atoms with van der Waals surface area (Å²) in [5.74, 6) is -2.24. The minimum absolute atomic E-state index is 0.108. The number of anilines is 1. The number of hydrogen-bond acceptors (Lipinski definition) is 4. The van der Waals surface area contributed by atoms with E-state index in [9.17, 15) is 18.4 Å². The van der Waals surface area contributed by atoms with Crippen molar-refractivity contribution in [2.75, 3.05) is 11.9 Å². The van der Waals surface area contributed by atoms with Crippen molar-refractivity contribution in [3.63, 3.8) is 0 Å². The molecule has 2 amide bonds. The summed E-state index contributed by atoms with van der Waals surface area (Å²) in [5.41, 5.74) is 1.56. The molecule has 0 radical (unpaired) electrons. The van der Waals surface area contributed by atoms with Crippen molar-refractivity contribution in [3.05, 3.63) is 65.4 Å². The summed E-state index contributed by atoms with van der Waals surface area (Å²) in [6.45, 7) is -0.329. The van der Waals surface area contributed by atoms with E-state index >= 15 is 0 Å². The van der Waals surface area contributed by atoms with Gasteiger partial charge in [0.1, 0.15) is 5.58 Å². The zero-order valence-electron chi connectivity index (χ0n) is 17.5. The van der Waals surface area contributed by atoms with Gasteiger partial charge in [-0.25, -0.2) is 8.78 Å². The molecule has 2 N–H and O–H groups in total. The Bertz CT molecular complexity index is 1130. The van der Waals surface area contributed by atoms with Crippen LogP contribution in [0.15, 0.2) is 46.9 Å². The molecule has 1 heterocycles. The largest absolute Gasteiger partial charge is 0.451 e. The molecule has 0 saturated heterocycles. The number of carbonyl (C=O) groups is 2. The van der Waals surface area contributed by atoms with Crippen LogP contribution in [0.4, 0.5) is 14.5 Å². The Morgan fingerprint density at radius 3 is 2.59 bits per heavy atom. The van der Waals surface area contributed by atoms with E-state index in [2.05, 4.69) is 10.6 Å². The van der Waals surface area contributed by atoms with Gasteiger partial charge in [0.15, 0.2) is 17.4 Å². The van der Waals surface area contributed by atoms with E-state index in [1.807, 2.05) is 36.0 Å². The first-order valence-electron chi connectivity index (χ1n) is 10.7. The molecule has 1 aliphatic carbocycles. The maximum absolute atomic E-state index is 13.3. The number of para-hydroxylation sites is 1. The quantitative estimate of drug-likeness (QED) is 0.480. The number of benzene rings is 2. The second-order valence-corrected chi connectivity index (χ2v) is 9.13. The lowest BCUT2D eigenvalue weighted by Crippen LogP contribution is -2.33. The molecule has 0 unspecified atom stereocenters. The summed E-state index contributed by atoms with van der Waals surface area (Å²) in [6.07, 6.45) is 6.14. The molecule has 4 rings (SSSR count). The van der Waals surface area contributed by atoms with Gasteiger partial charge >= 0.3 is 0 Å². The highest BCUT2D eigenvalue weighted by atomic mass is 32.2. The van der Waals surface area contributed by atoms with Gasteiger partial charge in [-0.15, -0.1) is 0 Å². The molecule has 168 valence electrons. The Balaban J connectivity index is 1.42. The summed E-state index contributed by atoms with van der Waals surface area (Å²) in [5, 5.41) is 6.47.